The molecular weight excluding hydrogens is 294 g/mol. The fourth-order valence-electron chi connectivity index (χ4n) is 2.69. The number of nitrogens with zero attached hydrogens (tertiary/aromatic N) is 2. The zero-order valence-electron chi connectivity index (χ0n) is 13.0. The van der Waals surface area contributed by atoms with Gasteiger partial charge >= 0.3 is 0 Å². The Kier molecular flexibility index (Phi) is 4.41. The lowest BCUT2D eigenvalue weighted by atomic mass is 9.97. The van der Waals surface area contributed by atoms with Crippen molar-refractivity contribution in [2.75, 3.05) is 13.2 Å². The standard InChI is InChI=1S/C17H19N3O3/c1-20-16(21)7-6-14(19-20)17(22)18-11-12-8-9-23-15-5-3-2-4-13(15)10-12/h2-7,12H,8-11H2,1H3,(H,18,22)/t12-/m1/s1. The third-order valence-electron chi connectivity index (χ3n) is 4.01. The van der Waals surface area contributed by atoms with E-state index >= 15 is 0 Å². The fraction of sp³-hybridized carbons (Fsp3) is 0.353. The van der Waals surface area contributed by atoms with Crippen molar-refractivity contribution in [1.29, 1.82) is 0 Å². The highest BCUT2D eigenvalue weighted by atomic mass is 16.5. The summed E-state index contributed by atoms with van der Waals surface area (Å²) in [4.78, 5) is 23.5. The number of amides is 1. The largest absolute Gasteiger partial charge is 0.493 e. The van der Waals surface area contributed by atoms with Gasteiger partial charge in [-0.2, -0.15) is 5.10 Å². The molecule has 6 nitrogen and oxygen atoms in total. The van der Waals surface area contributed by atoms with Crippen LogP contribution in [0, 0.1) is 5.92 Å². The second-order valence-corrected chi connectivity index (χ2v) is 5.71. The van der Waals surface area contributed by atoms with Gasteiger partial charge in [-0.1, -0.05) is 18.2 Å². The summed E-state index contributed by atoms with van der Waals surface area (Å²) in [6.45, 7) is 1.21. The summed E-state index contributed by atoms with van der Waals surface area (Å²) in [5, 5.41) is 6.86. The first-order chi connectivity index (χ1) is 11.1. The van der Waals surface area contributed by atoms with Gasteiger partial charge < -0.3 is 10.1 Å². The molecule has 3 rings (SSSR count). The van der Waals surface area contributed by atoms with Gasteiger partial charge in [-0.15, -0.1) is 0 Å². The predicted octanol–water partition coefficient (Wildman–Crippen LogP) is 1.15. The number of hydrogen-bond acceptors (Lipinski definition) is 4. The molecule has 2 heterocycles. The molecule has 1 amide bonds. The average Bonchev–Trinajstić information content (AvgIpc) is 2.77. The van der Waals surface area contributed by atoms with Crippen LogP contribution in [-0.2, 0) is 13.5 Å². The topological polar surface area (TPSA) is 73.2 Å². The number of aryl methyl sites for hydroxylation is 1. The van der Waals surface area contributed by atoms with Crippen LogP contribution < -0.4 is 15.6 Å². The molecular formula is C17H19N3O3. The maximum atomic E-state index is 12.2. The number of fused-ring (bicyclic) bond motifs is 1. The molecule has 0 fully saturated rings. The van der Waals surface area contributed by atoms with E-state index < -0.39 is 0 Å². The molecule has 0 radical (unpaired) electrons. The second-order valence-electron chi connectivity index (χ2n) is 5.71. The highest BCUT2D eigenvalue weighted by Crippen LogP contribution is 2.26. The highest BCUT2D eigenvalue weighted by molar-refractivity contribution is 5.91. The van der Waals surface area contributed by atoms with E-state index in [4.69, 9.17) is 4.74 Å². The third kappa shape index (κ3) is 3.59. The molecule has 1 aromatic heterocycles. The van der Waals surface area contributed by atoms with Crippen LogP contribution in [0.4, 0.5) is 0 Å². The zero-order valence-corrected chi connectivity index (χ0v) is 13.0. The highest BCUT2D eigenvalue weighted by Gasteiger charge is 2.18. The number of hydrogen-bond donors (Lipinski definition) is 1. The number of rotatable bonds is 3. The third-order valence-corrected chi connectivity index (χ3v) is 4.01. The van der Waals surface area contributed by atoms with Gasteiger partial charge in [0.15, 0.2) is 0 Å². The molecule has 1 aliphatic rings. The number of para-hydroxylation sites is 1. The van der Waals surface area contributed by atoms with Crippen molar-refractivity contribution in [2.45, 2.75) is 12.8 Å². The Hall–Kier alpha value is -2.63. The van der Waals surface area contributed by atoms with Crippen LogP contribution in [0.25, 0.3) is 0 Å². The number of carbonyl (C=O) groups is 1. The van der Waals surface area contributed by atoms with Crippen molar-refractivity contribution in [3.8, 4) is 5.75 Å². The second kappa shape index (κ2) is 6.64. The summed E-state index contributed by atoms with van der Waals surface area (Å²) in [7, 11) is 1.53. The Morgan fingerprint density at radius 1 is 1.35 bits per heavy atom. The van der Waals surface area contributed by atoms with Crippen LogP contribution in [0.3, 0.4) is 0 Å². The van der Waals surface area contributed by atoms with Gasteiger partial charge in [-0.25, -0.2) is 4.68 Å². The van der Waals surface area contributed by atoms with Crippen LogP contribution >= 0.6 is 0 Å². The Labute approximate surface area is 134 Å². The van der Waals surface area contributed by atoms with Crippen molar-refractivity contribution in [3.63, 3.8) is 0 Å². The van der Waals surface area contributed by atoms with Crippen LogP contribution in [-0.4, -0.2) is 28.8 Å². The van der Waals surface area contributed by atoms with Gasteiger partial charge in [0, 0.05) is 19.7 Å². The minimum Gasteiger partial charge on any atom is -0.493 e. The van der Waals surface area contributed by atoms with Crippen molar-refractivity contribution >= 4 is 5.91 Å². The maximum absolute atomic E-state index is 12.2. The fourth-order valence-corrected chi connectivity index (χ4v) is 2.69. The minimum atomic E-state index is -0.265. The van der Waals surface area contributed by atoms with Gasteiger partial charge in [0.2, 0.25) is 0 Å². The molecule has 0 spiro atoms. The molecule has 1 atom stereocenters. The summed E-state index contributed by atoms with van der Waals surface area (Å²) in [5.41, 5.74) is 1.18. The number of carbonyl (C=O) groups excluding carboxylic acids is 1. The van der Waals surface area contributed by atoms with E-state index in [1.54, 1.807) is 0 Å². The predicted molar refractivity (Wildman–Crippen MR) is 85.6 cm³/mol. The lowest BCUT2D eigenvalue weighted by Crippen LogP contribution is -2.32. The molecule has 0 bridgehead atoms. The van der Waals surface area contributed by atoms with Crippen LogP contribution in [0.15, 0.2) is 41.2 Å². The first kappa shape index (κ1) is 15.3. The Morgan fingerprint density at radius 2 is 2.17 bits per heavy atom. The summed E-state index contributed by atoms with van der Waals surface area (Å²) in [6, 6.07) is 10.8. The van der Waals surface area contributed by atoms with Crippen LogP contribution in [0.5, 0.6) is 5.75 Å². The van der Waals surface area contributed by atoms with Gasteiger partial charge in [0.1, 0.15) is 11.4 Å². The first-order valence-corrected chi connectivity index (χ1v) is 7.67. The Morgan fingerprint density at radius 3 is 3.00 bits per heavy atom. The van der Waals surface area contributed by atoms with Gasteiger partial charge in [0.05, 0.1) is 6.61 Å². The Balaban J connectivity index is 1.63. The summed E-state index contributed by atoms with van der Waals surface area (Å²) >= 11 is 0. The molecule has 120 valence electrons. The molecule has 1 N–H and O–H groups in total. The van der Waals surface area contributed by atoms with E-state index in [0.717, 1.165) is 23.3 Å². The monoisotopic (exact) mass is 313 g/mol. The number of ether oxygens (including phenoxy) is 1. The average molecular weight is 313 g/mol. The lowest BCUT2D eigenvalue weighted by molar-refractivity contribution is 0.0938. The lowest BCUT2D eigenvalue weighted by Gasteiger charge is -2.14. The molecule has 1 aromatic carbocycles. The molecule has 0 aliphatic carbocycles. The van der Waals surface area contributed by atoms with E-state index in [9.17, 15) is 9.59 Å². The van der Waals surface area contributed by atoms with Crippen molar-refractivity contribution in [2.24, 2.45) is 13.0 Å². The first-order valence-electron chi connectivity index (χ1n) is 7.67. The molecule has 0 saturated carbocycles. The van der Waals surface area contributed by atoms with E-state index in [1.165, 1.54) is 24.7 Å². The molecule has 2 aromatic rings. The van der Waals surface area contributed by atoms with Crippen LogP contribution in [0.2, 0.25) is 0 Å². The van der Waals surface area contributed by atoms with Gasteiger partial charge in [-0.3, -0.25) is 9.59 Å². The van der Waals surface area contributed by atoms with Crippen molar-refractivity contribution in [1.82, 2.24) is 15.1 Å². The summed E-state index contributed by atoms with van der Waals surface area (Å²) in [6.07, 6.45) is 1.76. The quantitative estimate of drug-likeness (QED) is 0.922. The van der Waals surface area contributed by atoms with E-state index in [1.807, 2.05) is 18.2 Å². The molecule has 1 aliphatic heterocycles. The smallest absolute Gasteiger partial charge is 0.271 e. The zero-order chi connectivity index (χ0) is 16.2. The number of aromatic nitrogens is 2. The maximum Gasteiger partial charge on any atom is 0.271 e. The SMILES string of the molecule is Cn1nc(C(=O)NC[C@@H]2CCOc3ccccc3C2)ccc1=O. The number of benzene rings is 1. The van der Waals surface area contributed by atoms with E-state index in [0.29, 0.717) is 19.1 Å². The summed E-state index contributed by atoms with van der Waals surface area (Å²) in [5.74, 6) is 0.982. The minimum absolute atomic E-state index is 0.237. The van der Waals surface area contributed by atoms with Crippen LogP contribution in [0.1, 0.15) is 22.5 Å². The Bertz CT molecular complexity index is 770. The molecule has 0 saturated heterocycles. The molecule has 6 heteroatoms. The van der Waals surface area contributed by atoms with E-state index in [2.05, 4.69) is 16.5 Å². The molecule has 0 unspecified atom stereocenters. The number of nitrogens with one attached hydrogen (secondary N) is 1. The summed E-state index contributed by atoms with van der Waals surface area (Å²) < 4.78 is 6.89. The van der Waals surface area contributed by atoms with Gasteiger partial charge in [0.25, 0.3) is 11.5 Å². The van der Waals surface area contributed by atoms with Crippen molar-refractivity contribution < 1.29 is 9.53 Å². The normalized spacial score (nSPS) is 16.8. The van der Waals surface area contributed by atoms with Crippen molar-refractivity contribution in [3.05, 3.63) is 58.0 Å². The van der Waals surface area contributed by atoms with E-state index in [-0.39, 0.29) is 17.2 Å². The van der Waals surface area contributed by atoms with Gasteiger partial charge in [-0.05, 0) is 36.5 Å². The molecule has 23 heavy (non-hydrogen) atoms.